The molecule has 0 aliphatic rings. The van der Waals surface area contributed by atoms with Crippen LogP contribution in [0, 0.1) is 20.8 Å². The Labute approximate surface area is 178 Å². The number of phenols is 1. The van der Waals surface area contributed by atoms with Gasteiger partial charge in [0.1, 0.15) is 22.7 Å². The molecule has 0 radical (unpaired) electrons. The maximum absolute atomic E-state index is 10.2. The largest absolute Gasteiger partial charge is 0.507 e. The van der Waals surface area contributed by atoms with Crippen LogP contribution >= 0.6 is 11.3 Å². The molecule has 0 bridgehead atoms. The number of nitrogens with one attached hydrogen (secondary N) is 1. The van der Waals surface area contributed by atoms with Crippen molar-refractivity contribution in [3.8, 4) is 16.9 Å². The Balaban J connectivity index is 1.72. The highest BCUT2D eigenvalue weighted by atomic mass is 32.1. The lowest BCUT2D eigenvalue weighted by atomic mass is 9.99. The molecule has 0 atom stereocenters. The maximum atomic E-state index is 10.2. The molecule has 0 saturated carbocycles. The summed E-state index contributed by atoms with van der Waals surface area (Å²) in [4.78, 5) is 11.3. The van der Waals surface area contributed by atoms with Crippen molar-refractivity contribution in [2.24, 2.45) is 0 Å². The summed E-state index contributed by atoms with van der Waals surface area (Å²) in [5, 5.41) is 16.5. The molecule has 148 valence electrons. The Morgan fingerprint density at radius 2 is 1.67 bits per heavy atom. The molecule has 0 aliphatic heterocycles. The van der Waals surface area contributed by atoms with Gasteiger partial charge in [-0.1, -0.05) is 42.5 Å². The molecule has 5 rings (SSSR count). The van der Waals surface area contributed by atoms with Gasteiger partial charge < -0.3 is 10.4 Å². The van der Waals surface area contributed by atoms with Crippen molar-refractivity contribution in [1.82, 2.24) is 9.97 Å². The van der Waals surface area contributed by atoms with Crippen LogP contribution < -0.4 is 5.32 Å². The van der Waals surface area contributed by atoms with Crippen LogP contribution in [0.25, 0.3) is 32.1 Å². The Bertz CT molecular complexity index is 1420. The second-order valence-corrected chi connectivity index (χ2v) is 8.74. The summed E-state index contributed by atoms with van der Waals surface area (Å²) in [7, 11) is 0. The molecule has 5 aromatic rings. The topological polar surface area (TPSA) is 58.0 Å². The van der Waals surface area contributed by atoms with E-state index in [0.717, 1.165) is 32.5 Å². The van der Waals surface area contributed by atoms with Crippen LogP contribution in [0.15, 0.2) is 60.9 Å². The fourth-order valence-corrected chi connectivity index (χ4v) is 4.93. The first-order chi connectivity index (χ1) is 14.5. The predicted octanol–water partition coefficient (Wildman–Crippen LogP) is 6.89. The fourth-order valence-electron chi connectivity index (χ4n) is 3.91. The highest BCUT2D eigenvalue weighted by molar-refractivity contribution is 7.19. The van der Waals surface area contributed by atoms with E-state index in [1.54, 1.807) is 23.7 Å². The van der Waals surface area contributed by atoms with E-state index >= 15 is 0 Å². The molecule has 0 amide bonds. The van der Waals surface area contributed by atoms with Crippen LogP contribution in [0.2, 0.25) is 0 Å². The zero-order valence-corrected chi connectivity index (χ0v) is 17.8. The Hall–Kier alpha value is -3.44. The summed E-state index contributed by atoms with van der Waals surface area (Å²) < 4.78 is 0. The summed E-state index contributed by atoms with van der Waals surface area (Å²) >= 11 is 1.68. The molecule has 30 heavy (non-hydrogen) atoms. The van der Waals surface area contributed by atoms with Gasteiger partial charge in [0.2, 0.25) is 0 Å². The van der Waals surface area contributed by atoms with Crippen molar-refractivity contribution < 1.29 is 5.11 Å². The number of aromatic nitrogens is 2. The van der Waals surface area contributed by atoms with Gasteiger partial charge in [0.15, 0.2) is 0 Å². The van der Waals surface area contributed by atoms with Crippen LogP contribution in [0.4, 0.5) is 11.5 Å². The normalized spacial score (nSPS) is 11.3. The lowest BCUT2D eigenvalue weighted by Gasteiger charge is -2.12. The van der Waals surface area contributed by atoms with Gasteiger partial charge in [0.05, 0.1) is 5.39 Å². The highest BCUT2D eigenvalue weighted by Crippen LogP contribution is 2.42. The van der Waals surface area contributed by atoms with E-state index in [4.69, 9.17) is 0 Å². The summed E-state index contributed by atoms with van der Waals surface area (Å²) in [6.45, 7) is 6.40. The second-order valence-electron chi connectivity index (χ2n) is 7.54. The molecule has 0 fully saturated rings. The Morgan fingerprint density at radius 1 is 0.867 bits per heavy atom. The lowest BCUT2D eigenvalue weighted by Crippen LogP contribution is -1.97. The fraction of sp³-hybridized carbons (Fsp3) is 0.120. The Morgan fingerprint density at radius 3 is 2.50 bits per heavy atom. The number of thiophene rings is 1. The Kier molecular flexibility index (Phi) is 4.40. The molecule has 0 unspecified atom stereocenters. The van der Waals surface area contributed by atoms with E-state index in [9.17, 15) is 5.11 Å². The number of anilines is 2. The van der Waals surface area contributed by atoms with Crippen molar-refractivity contribution >= 4 is 43.8 Å². The van der Waals surface area contributed by atoms with E-state index in [2.05, 4.69) is 54.3 Å². The number of phenolic OH excluding ortho intramolecular Hbond substituents is 1. The third-order valence-corrected chi connectivity index (χ3v) is 6.63. The first-order valence-corrected chi connectivity index (χ1v) is 10.6. The average Bonchev–Trinajstić information content (AvgIpc) is 3.08. The number of benzene rings is 3. The first kappa shape index (κ1) is 18.6. The van der Waals surface area contributed by atoms with Crippen molar-refractivity contribution in [3.05, 3.63) is 76.9 Å². The molecule has 3 aromatic carbocycles. The van der Waals surface area contributed by atoms with E-state index < -0.39 is 0 Å². The summed E-state index contributed by atoms with van der Waals surface area (Å²) in [6, 6.07) is 18.0. The number of fused-ring (bicyclic) bond motifs is 2. The van der Waals surface area contributed by atoms with E-state index in [-0.39, 0.29) is 5.75 Å². The van der Waals surface area contributed by atoms with E-state index in [1.165, 1.54) is 27.1 Å². The maximum Gasteiger partial charge on any atom is 0.143 e. The molecule has 0 spiro atoms. The van der Waals surface area contributed by atoms with Crippen LogP contribution in [-0.4, -0.2) is 15.1 Å². The first-order valence-electron chi connectivity index (χ1n) is 9.82. The van der Waals surface area contributed by atoms with Gasteiger partial charge in [-0.25, -0.2) is 9.97 Å². The van der Waals surface area contributed by atoms with Gasteiger partial charge in [-0.2, -0.15) is 0 Å². The van der Waals surface area contributed by atoms with Crippen molar-refractivity contribution in [2.45, 2.75) is 20.8 Å². The lowest BCUT2D eigenvalue weighted by molar-refractivity contribution is 0.481. The number of nitrogens with zero attached hydrogens (tertiary/aromatic N) is 2. The van der Waals surface area contributed by atoms with Crippen LogP contribution in [0.5, 0.6) is 5.75 Å². The molecular weight excluding hydrogens is 390 g/mol. The summed E-state index contributed by atoms with van der Waals surface area (Å²) in [6.07, 6.45) is 1.60. The number of hydrogen-bond donors (Lipinski definition) is 2. The molecule has 0 aliphatic carbocycles. The van der Waals surface area contributed by atoms with E-state index in [0.29, 0.717) is 0 Å². The third-order valence-electron chi connectivity index (χ3n) is 5.61. The molecule has 2 heterocycles. The minimum atomic E-state index is 0.270. The molecule has 4 nitrogen and oxygen atoms in total. The van der Waals surface area contributed by atoms with E-state index in [1.807, 2.05) is 30.3 Å². The predicted molar refractivity (Wildman–Crippen MR) is 126 cm³/mol. The SMILES string of the molecule is Cc1ccc(-c2c(C)sc3ncnc(Nc4cccc5c(O)cccc45)c23)cc1C. The van der Waals surface area contributed by atoms with Gasteiger partial charge in [0, 0.05) is 26.9 Å². The van der Waals surface area contributed by atoms with Crippen molar-refractivity contribution in [2.75, 3.05) is 5.32 Å². The quantitative estimate of drug-likeness (QED) is 0.339. The second kappa shape index (κ2) is 7.11. The molecule has 5 heteroatoms. The number of aryl methyl sites for hydroxylation is 3. The van der Waals surface area contributed by atoms with Gasteiger partial charge >= 0.3 is 0 Å². The van der Waals surface area contributed by atoms with Gasteiger partial charge in [-0.3, -0.25) is 0 Å². The molecule has 2 N–H and O–H groups in total. The monoisotopic (exact) mass is 411 g/mol. The standard InChI is InChI=1S/C25H21N3OS/c1-14-10-11-17(12-15(14)2)22-16(3)30-25-23(22)24(26-13-27-25)28-20-8-4-7-19-18(20)6-5-9-21(19)29/h4-13,29H,1-3H3,(H,26,27,28). The third kappa shape index (κ3) is 2.99. The van der Waals surface area contributed by atoms with Gasteiger partial charge in [0.25, 0.3) is 0 Å². The minimum absolute atomic E-state index is 0.270. The minimum Gasteiger partial charge on any atom is -0.507 e. The smallest absolute Gasteiger partial charge is 0.143 e. The summed E-state index contributed by atoms with van der Waals surface area (Å²) in [5.41, 5.74) is 5.79. The van der Waals surface area contributed by atoms with Crippen LogP contribution in [0.1, 0.15) is 16.0 Å². The van der Waals surface area contributed by atoms with Gasteiger partial charge in [-0.05, 0) is 49.6 Å². The number of aromatic hydroxyl groups is 1. The van der Waals surface area contributed by atoms with Gasteiger partial charge in [-0.15, -0.1) is 11.3 Å². The van der Waals surface area contributed by atoms with Crippen molar-refractivity contribution in [1.29, 1.82) is 0 Å². The average molecular weight is 412 g/mol. The number of hydrogen-bond acceptors (Lipinski definition) is 5. The zero-order valence-electron chi connectivity index (χ0n) is 17.0. The van der Waals surface area contributed by atoms with Crippen LogP contribution in [-0.2, 0) is 0 Å². The zero-order chi connectivity index (χ0) is 20.8. The molecule has 0 saturated heterocycles. The molecular formula is C25H21N3OS. The number of rotatable bonds is 3. The van der Waals surface area contributed by atoms with Crippen LogP contribution in [0.3, 0.4) is 0 Å². The highest BCUT2D eigenvalue weighted by Gasteiger charge is 2.18. The molecule has 2 aromatic heterocycles. The summed E-state index contributed by atoms with van der Waals surface area (Å²) in [5.74, 6) is 1.04. The van der Waals surface area contributed by atoms with Crippen molar-refractivity contribution in [3.63, 3.8) is 0 Å².